The van der Waals surface area contributed by atoms with Gasteiger partial charge in [0.15, 0.2) is 0 Å². The van der Waals surface area contributed by atoms with Crippen molar-refractivity contribution >= 4 is 5.91 Å². The number of nitrogens with zero attached hydrogens (tertiary/aromatic N) is 3. The predicted octanol–water partition coefficient (Wildman–Crippen LogP) is 1.43. The van der Waals surface area contributed by atoms with Gasteiger partial charge >= 0.3 is 0 Å². The molecule has 0 aliphatic carbocycles. The number of nitrogens with one attached hydrogen (secondary N) is 1. The highest BCUT2D eigenvalue weighted by Crippen LogP contribution is 2.18. The normalized spacial score (nSPS) is 24.6. The maximum atomic E-state index is 12.7. The highest BCUT2D eigenvalue weighted by Gasteiger charge is 2.29. The molecule has 2 fully saturated rings. The number of carbonyl (C=O) groups excluding carboxylic acids is 1. The molecule has 1 amide bonds. The molecule has 22 heavy (non-hydrogen) atoms. The molecule has 0 aromatic carbocycles. The minimum absolute atomic E-state index is 0.193. The summed E-state index contributed by atoms with van der Waals surface area (Å²) in [5.74, 6) is 0.193. The number of aromatic nitrogens is 1. The van der Waals surface area contributed by atoms with E-state index in [1.165, 1.54) is 25.9 Å². The zero-order valence-electron chi connectivity index (χ0n) is 13.8. The standard InChI is InChI=1S/C17H28N4O/c1-3-16-15(6-7-18-16)17(22)21-11-9-20(10-12-21)14-5-4-8-19(2)13-14/h6-7,14,18H,3-5,8-13H2,1-2H3. The summed E-state index contributed by atoms with van der Waals surface area (Å²) in [6, 6.07) is 2.60. The van der Waals surface area contributed by atoms with E-state index in [0.29, 0.717) is 6.04 Å². The summed E-state index contributed by atoms with van der Waals surface area (Å²) < 4.78 is 0. The molecule has 0 bridgehead atoms. The molecule has 2 aliphatic heterocycles. The van der Waals surface area contributed by atoms with Gasteiger partial charge in [0.05, 0.1) is 5.56 Å². The van der Waals surface area contributed by atoms with Gasteiger partial charge in [-0.1, -0.05) is 6.92 Å². The molecule has 1 atom stereocenters. The van der Waals surface area contributed by atoms with Crippen molar-refractivity contribution in [3.8, 4) is 0 Å². The summed E-state index contributed by atoms with van der Waals surface area (Å²) in [4.78, 5) is 22.9. The number of aromatic amines is 1. The van der Waals surface area contributed by atoms with Gasteiger partial charge in [0.25, 0.3) is 5.91 Å². The molecular formula is C17H28N4O. The van der Waals surface area contributed by atoms with Gasteiger partial charge in [-0.15, -0.1) is 0 Å². The van der Waals surface area contributed by atoms with E-state index in [1.807, 2.05) is 17.2 Å². The molecule has 0 saturated carbocycles. The van der Waals surface area contributed by atoms with Gasteiger partial charge in [0, 0.05) is 50.7 Å². The number of hydrogen-bond acceptors (Lipinski definition) is 3. The lowest BCUT2D eigenvalue weighted by atomic mass is 10.0. The monoisotopic (exact) mass is 304 g/mol. The Hall–Kier alpha value is -1.33. The van der Waals surface area contributed by atoms with Gasteiger partial charge in [-0.05, 0) is 38.9 Å². The first kappa shape index (κ1) is 15.6. The van der Waals surface area contributed by atoms with Crippen LogP contribution in [0, 0.1) is 0 Å². The van der Waals surface area contributed by atoms with E-state index in [9.17, 15) is 4.79 Å². The lowest BCUT2D eigenvalue weighted by Crippen LogP contribution is -2.55. The van der Waals surface area contributed by atoms with Crippen LogP contribution < -0.4 is 0 Å². The molecule has 5 nitrogen and oxygen atoms in total. The number of likely N-dealkylation sites (N-methyl/N-ethyl adjacent to an activating group) is 1. The van der Waals surface area contributed by atoms with Crippen molar-refractivity contribution in [3.63, 3.8) is 0 Å². The molecule has 3 heterocycles. The first-order valence-corrected chi connectivity index (χ1v) is 8.57. The molecule has 122 valence electrons. The topological polar surface area (TPSA) is 42.6 Å². The van der Waals surface area contributed by atoms with Crippen LogP contribution in [0.5, 0.6) is 0 Å². The Bertz CT molecular complexity index is 505. The van der Waals surface area contributed by atoms with Crippen molar-refractivity contribution in [1.29, 1.82) is 0 Å². The Morgan fingerprint density at radius 2 is 2.05 bits per heavy atom. The number of aryl methyl sites for hydroxylation is 1. The van der Waals surface area contributed by atoms with Crippen LogP contribution in [0.3, 0.4) is 0 Å². The average molecular weight is 304 g/mol. The minimum Gasteiger partial charge on any atom is -0.364 e. The Morgan fingerprint density at radius 3 is 2.73 bits per heavy atom. The summed E-state index contributed by atoms with van der Waals surface area (Å²) in [5.41, 5.74) is 1.91. The van der Waals surface area contributed by atoms with Crippen molar-refractivity contribution in [1.82, 2.24) is 19.7 Å². The third-order valence-corrected chi connectivity index (χ3v) is 5.13. The van der Waals surface area contributed by atoms with Crippen molar-refractivity contribution in [2.75, 3.05) is 46.3 Å². The molecule has 1 aromatic heterocycles. The number of rotatable bonds is 3. The molecule has 1 unspecified atom stereocenters. The highest BCUT2D eigenvalue weighted by atomic mass is 16.2. The molecule has 3 rings (SSSR count). The van der Waals surface area contributed by atoms with Crippen LogP contribution in [-0.2, 0) is 6.42 Å². The van der Waals surface area contributed by atoms with Crippen LogP contribution in [0.2, 0.25) is 0 Å². The Kier molecular flexibility index (Phi) is 4.84. The van der Waals surface area contributed by atoms with Gasteiger partial charge in [0.1, 0.15) is 0 Å². The molecule has 1 N–H and O–H groups in total. The molecule has 5 heteroatoms. The van der Waals surface area contributed by atoms with Crippen molar-refractivity contribution < 1.29 is 4.79 Å². The maximum absolute atomic E-state index is 12.7. The van der Waals surface area contributed by atoms with Crippen LogP contribution in [-0.4, -0.2) is 77.9 Å². The quantitative estimate of drug-likeness (QED) is 0.918. The number of carbonyl (C=O) groups is 1. The zero-order chi connectivity index (χ0) is 15.5. The van der Waals surface area contributed by atoms with E-state index >= 15 is 0 Å². The van der Waals surface area contributed by atoms with Crippen LogP contribution in [0.4, 0.5) is 0 Å². The molecule has 1 aromatic rings. The van der Waals surface area contributed by atoms with Crippen LogP contribution in [0.1, 0.15) is 35.8 Å². The fourth-order valence-electron chi connectivity index (χ4n) is 3.79. The highest BCUT2D eigenvalue weighted by molar-refractivity contribution is 5.95. The molecule has 0 radical (unpaired) electrons. The lowest BCUT2D eigenvalue weighted by molar-refractivity contribution is 0.0451. The maximum Gasteiger partial charge on any atom is 0.255 e. The smallest absolute Gasteiger partial charge is 0.255 e. The van der Waals surface area contributed by atoms with Gasteiger partial charge in [-0.25, -0.2) is 0 Å². The minimum atomic E-state index is 0.193. The van der Waals surface area contributed by atoms with E-state index < -0.39 is 0 Å². The third-order valence-electron chi connectivity index (χ3n) is 5.13. The fourth-order valence-corrected chi connectivity index (χ4v) is 3.79. The Labute approximate surface area is 133 Å². The second kappa shape index (κ2) is 6.84. The summed E-state index contributed by atoms with van der Waals surface area (Å²) in [6.07, 6.45) is 5.35. The van der Waals surface area contributed by atoms with Crippen molar-refractivity contribution in [2.24, 2.45) is 0 Å². The number of likely N-dealkylation sites (tertiary alicyclic amines) is 1. The average Bonchev–Trinajstić information content (AvgIpc) is 3.03. The van der Waals surface area contributed by atoms with Crippen LogP contribution >= 0.6 is 0 Å². The van der Waals surface area contributed by atoms with Gasteiger partial charge in [0.2, 0.25) is 0 Å². The molecular weight excluding hydrogens is 276 g/mol. The van der Waals surface area contributed by atoms with Gasteiger partial charge in [-0.3, -0.25) is 9.69 Å². The second-order valence-corrected chi connectivity index (χ2v) is 6.61. The molecule has 0 spiro atoms. The SMILES string of the molecule is CCc1[nH]ccc1C(=O)N1CCN(C2CCCN(C)C2)CC1. The van der Waals surface area contributed by atoms with Gasteiger partial charge in [-0.2, -0.15) is 0 Å². The van der Waals surface area contributed by atoms with E-state index in [1.54, 1.807) is 0 Å². The van der Waals surface area contributed by atoms with Crippen LogP contribution in [0.15, 0.2) is 12.3 Å². The lowest BCUT2D eigenvalue weighted by Gasteiger charge is -2.42. The summed E-state index contributed by atoms with van der Waals surface area (Å²) in [7, 11) is 2.21. The molecule has 2 aliphatic rings. The predicted molar refractivity (Wildman–Crippen MR) is 88.2 cm³/mol. The van der Waals surface area contributed by atoms with Crippen molar-refractivity contribution in [3.05, 3.63) is 23.5 Å². The van der Waals surface area contributed by atoms with Crippen LogP contribution in [0.25, 0.3) is 0 Å². The second-order valence-electron chi connectivity index (χ2n) is 6.61. The molecule has 2 saturated heterocycles. The summed E-state index contributed by atoms with van der Waals surface area (Å²) in [6.45, 7) is 8.21. The number of H-pyrrole nitrogens is 1. The largest absolute Gasteiger partial charge is 0.364 e. The zero-order valence-corrected chi connectivity index (χ0v) is 13.8. The number of piperazine rings is 1. The van der Waals surface area contributed by atoms with E-state index in [2.05, 4.69) is 28.8 Å². The van der Waals surface area contributed by atoms with E-state index in [4.69, 9.17) is 0 Å². The summed E-state index contributed by atoms with van der Waals surface area (Å²) in [5, 5.41) is 0. The first-order chi connectivity index (χ1) is 10.7. The number of hydrogen-bond donors (Lipinski definition) is 1. The Morgan fingerprint density at radius 1 is 1.27 bits per heavy atom. The van der Waals surface area contributed by atoms with E-state index in [0.717, 1.165) is 43.9 Å². The van der Waals surface area contributed by atoms with Crippen molar-refractivity contribution in [2.45, 2.75) is 32.2 Å². The third kappa shape index (κ3) is 3.20. The fraction of sp³-hybridized carbons (Fsp3) is 0.706. The number of amides is 1. The Balaban J connectivity index is 1.56. The summed E-state index contributed by atoms with van der Waals surface area (Å²) >= 11 is 0. The number of piperidine rings is 1. The van der Waals surface area contributed by atoms with Gasteiger partial charge < -0.3 is 14.8 Å². The van der Waals surface area contributed by atoms with E-state index in [-0.39, 0.29) is 5.91 Å². The first-order valence-electron chi connectivity index (χ1n) is 8.57.